The van der Waals surface area contributed by atoms with E-state index >= 15 is 0 Å². The van der Waals surface area contributed by atoms with Crippen molar-refractivity contribution in [3.63, 3.8) is 0 Å². The van der Waals surface area contributed by atoms with Crippen LogP contribution in [0.25, 0.3) is 0 Å². The van der Waals surface area contributed by atoms with Gasteiger partial charge in [0.1, 0.15) is 10.6 Å². The molecule has 2 N–H and O–H groups in total. The molecule has 2 aromatic rings. The minimum Gasteiger partial charge on any atom is -0.481 e. The SMILES string of the molecule is CCCCC1(CCCC)CN(c2ccccc2)c2cc(Br)c(OCC(=O)O)cc2S(=O)(=O)N1. The average molecular weight is 539 g/mol. The Morgan fingerprint density at radius 2 is 1.79 bits per heavy atom. The van der Waals surface area contributed by atoms with E-state index in [1.165, 1.54) is 6.07 Å². The fourth-order valence-corrected chi connectivity index (χ4v) is 6.32. The number of hydrogen-bond acceptors (Lipinski definition) is 5. The first kappa shape index (κ1) is 25.5. The summed E-state index contributed by atoms with van der Waals surface area (Å²) in [5, 5.41) is 9.00. The number of carboxylic acids is 1. The minimum absolute atomic E-state index is 0.0739. The number of unbranched alkanes of at least 4 members (excludes halogenated alkanes) is 2. The smallest absolute Gasteiger partial charge is 0.341 e. The number of rotatable bonds is 10. The number of nitrogens with zero attached hydrogens (tertiary/aromatic N) is 1. The first-order valence-corrected chi connectivity index (χ1v) is 13.5. The predicted octanol–water partition coefficient (Wildman–Crippen LogP) is 5.46. The lowest BCUT2D eigenvalue weighted by Crippen LogP contribution is -2.53. The molecule has 3 rings (SSSR count). The van der Waals surface area contributed by atoms with Gasteiger partial charge in [0.25, 0.3) is 0 Å². The summed E-state index contributed by atoms with van der Waals surface area (Å²) in [4.78, 5) is 13.1. The van der Waals surface area contributed by atoms with Gasteiger partial charge < -0.3 is 14.7 Å². The van der Waals surface area contributed by atoms with Crippen LogP contribution in [-0.4, -0.2) is 38.2 Å². The lowest BCUT2D eigenvalue weighted by Gasteiger charge is -2.37. The van der Waals surface area contributed by atoms with E-state index in [0.717, 1.165) is 44.2 Å². The molecule has 7 nitrogen and oxygen atoms in total. The third-order valence-electron chi connectivity index (χ3n) is 5.84. The van der Waals surface area contributed by atoms with Gasteiger partial charge in [-0.3, -0.25) is 0 Å². The quantitative estimate of drug-likeness (QED) is 0.416. The van der Waals surface area contributed by atoms with E-state index in [4.69, 9.17) is 9.84 Å². The van der Waals surface area contributed by atoms with Gasteiger partial charge in [0, 0.05) is 18.3 Å². The lowest BCUT2D eigenvalue weighted by atomic mass is 9.87. The zero-order chi connectivity index (χ0) is 24.1. The lowest BCUT2D eigenvalue weighted by molar-refractivity contribution is -0.139. The Hall–Kier alpha value is -2.10. The third kappa shape index (κ3) is 6.07. The summed E-state index contributed by atoms with van der Waals surface area (Å²) in [6.07, 6.45) is 5.19. The molecule has 0 fully saturated rings. The summed E-state index contributed by atoms with van der Waals surface area (Å²) in [5.74, 6) is -0.967. The summed E-state index contributed by atoms with van der Waals surface area (Å²) in [5.41, 5.74) is 0.785. The van der Waals surface area contributed by atoms with Crippen molar-refractivity contribution < 1.29 is 23.1 Å². The number of fused-ring (bicyclic) bond motifs is 1. The van der Waals surface area contributed by atoms with Crippen LogP contribution in [0.15, 0.2) is 51.8 Å². The molecule has 2 aromatic carbocycles. The zero-order valence-electron chi connectivity index (χ0n) is 19.0. The van der Waals surface area contributed by atoms with Gasteiger partial charge in [-0.2, -0.15) is 0 Å². The number of aliphatic carboxylic acids is 1. The topological polar surface area (TPSA) is 95.9 Å². The molecule has 0 unspecified atom stereocenters. The van der Waals surface area contributed by atoms with Gasteiger partial charge >= 0.3 is 5.97 Å². The van der Waals surface area contributed by atoms with Crippen LogP contribution in [-0.2, 0) is 14.8 Å². The van der Waals surface area contributed by atoms with E-state index in [-0.39, 0.29) is 10.6 Å². The maximum absolute atomic E-state index is 13.7. The van der Waals surface area contributed by atoms with Crippen molar-refractivity contribution in [3.05, 3.63) is 46.9 Å². The third-order valence-corrected chi connectivity index (χ3v) is 8.07. The molecule has 0 radical (unpaired) electrons. The monoisotopic (exact) mass is 538 g/mol. The Labute approximate surface area is 204 Å². The zero-order valence-corrected chi connectivity index (χ0v) is 21.4. The van der Waals surface area contributed by atoms with Crippen molar-refractivity contribution in [1.29, 1.82) is 0 Å². The van der Waals surface area contributed by atoms with Crippen LogP contribution >= 0.6 is 15.9 Å². The number of anilines is 2. The molecule has 0 spiro atoms. The highest BCUT2D eigenvalue weighted by molar-refractivity contribution is 9.10. The van der Waals surface area contributed by atoms with E-state index in [0.29, 0.717) is 16.7 Å². The van der Waals surface area contributed by atoms with Crippen LogP contribution in [0.3, 0.4) is 0 Å². The summed E-state index contributed by atoms with van der Waals surface area (Å²) in [6, 6.07) is 12.8. The summed E-state index contributed by atoms with van der Waals surface area (Å²) < 4.78 is 36.3. The van der Waals surface area contributed by atoms with Crippen LogP contribution in [0.5, 0.6) is 5.75 Å². The van der Waals surface area contributed by atoms with Crippen molar-refractivity contribution in [2.45, 2.75) is 62.8 Å². The Bertz CT molecular complexity index is 1070. The molecule has 33 heavy (non-hydrogen) atoms. The molecule has 9 heteroatoms. The number of sulfonamides is 1. The largest absolute Gasteiger partial charge is 0.481 e. The van der Waals surface area contributed by atoms with Crippen molar-refractivity contribution in [3.8, 4) is 5.75 Å². The number of halogens is 1. The average Bonchev–Trinajstić information content (AvgIpc) is 2.87. The highest BCUT2D eigenvalue weighted by Crippen LogP contribution is 2.43. The van der Waals surface area contributed by atoms with E-state index in [9.17, 15) is 13.2 Å². The highest BCUT2D eigenvalue weighted by Gasteiger charge is 2.41. The number of nitrogens with one attached hydrogen (secondary N) is 1. The van der Waals surface area contributed by atoms with E-state index < -0.39 is 28.1 Å². The molecule has 1 heterocycles. The number of carboxylic acid groups (broad SMARTS) is 1. The molecule has 180 valence electrons. The van der Waals surface area contributed by atoms with E-state index in [2.05, 4.69) is 34.5 Å². The van der Waals surface area contributed by atoms with Gasteiger partial charge in [0.15, 0.2) is 6.61 Å². The van der Waals surface area contributed by atoms with Crippen LogP contribution in [0.1, 0.15) is 52.4 Å². The fourth-order valence-electron chi connectivity index (χ4n) is 4.21. The summed E-state index contributed by atoms with van der Waals surface area (Å²) in [6.45, 7) is 4.13. The maximum atomic E-state index is 13.7. The molecule has 0 atom stereocenters. The summed E-state index contributed by atoms with van der Waals surface area (Å²) >= 11 is 3.44. The Morgan fingerprint density at radius 3 is 2.36 bits per heavy atom. The molecule has 0 aromatic heterocycles. The molecule has 1 aliphatic rings. The van der Waals surface area contributed by atoms with Gasteiger partial charge in [-0.25, -0.2) is 17.9 Å². The molecule has 1 aliphatic heterocycles. The maximum Gasteiger partial charge on any atom is 0.341 e. The number of carbonyl (C=O) groups is 1. The van der Waals surface area contributed by atoms with E-state index in [1.807, 2.05) is 35.2 Å². The van der Waals surface area contributed by atoms with Gasteiger partial charge in [-0.05, 0) is 47.0 Å². The van der Waals surface area contributed by atoms with Crippen molar-refractivity contribution in [2.24, 2.45) is 0 Å². The molecule has 0 saturated heterocycles. The second-order valence-corrected chi connectivity index (χ2v) is 11.0. The van der Waals surface area contributed by atoms with Crippen molar-refractivity contribution in [1.82, 2.24) is 4.72 Å². The molecule has 0 amide bonds. The molecule has 0 saturated carbocycles. The Kier molecular flexibility index (Phi) is 8.42. The second-order valence-electron chi connectivity index (χ2n) is 8.45. The minimum atomic E-state index is -3.91. The Balaban J connectivity index is 2.20. The van der Waals surface area contributed by atoms with Crippen LogP contribution in [0, 0.1) is 0 Å². The first-order valence-electron chi connectivity index (χ1n) is 11.3. The number of hydrogen-bond donors (Lipinski definition) is 2. The fraction of sp³-hybridized carbons (Fsp3) is 0.458. The van der Waals surface area contributed by atoms with E-state index in [1.54, 1.807) is 6.07 Å². The highest BCUT2D eigenvalue weighted by atomic mass is 79.9. The van der Waals surface area contributed by atoms with Crippen molar-refractivity contribution in [2.75, 3.05) is 18.1 Å². The number of ether oxygens (including phenoxy) is 1. The normalized spacial score (nSPS) is 16.6. The molecular weight excluding hydrogens is 508 g/mol. The number of para-hydroxylation sites is 1. The molecule has 0 bridgehead atoms. The molecular formula is C24H31BrN2O5S. The predicted molar refractivity (Wildman–Crippen MR) is 133 cm³/mol. The van der Waals surface area contributed by atoms with Gasteiger partial charge in [0.05, 0.1) is 15.7 Å². The first-order chi connectivity index (χ1) is 15.7. The second kappa shape index (κ2) is 10.9. The van der Waals surface area contributed by atoms with Crippen LogP contribution in [0.2, 0.25) is 0 Å². The standard InChI is InChI=1S/C24H31BrN2O5S/c1-3-5-12-24(13-6-4-2)17-27(18-10-8-7-9-11-18)20-14-19(25)21(32-16-23(28)29)15-22(20)33(30,31)26-24/h7-11,14-15,26H,3-6,12-13,16-17H2,1-2H3,(H,28,29). The Morgan fingerprint density at radius 1 is 1.15 bits per heavy atom. The van der Waals surface area contributed by atoms with Crippen LogP contribution in [0.4, 0.5) is 11.4 Å². The van der Waals surface area contributed by atoms with Gasteiger partial charge in [0.2, 0.25) is 10.0 Å². The van der Waals surface area contributed by atoms with Crippen molar-refractivity contribution >= 4 is 43.3 Å². The van der Waals surface area contributed by atoms with Crippen LogP contribution < -0.4 is 14.4 Å². The molecule has 0 aliphatic carbocycles. The summed E-state index contributed by atoms with van der Waals surface area (Å²) in [7, 11) is -3.91. The van der Waals surface area contributed by atoms with Gasteiger partial charge in [-0.15, -0.1) is 0 Å². The van der Waals surface area contributed by atoms with Gasteiger partial charge in [-0.1, -0.05) is 57.7 Å². The number of benzene rings is 2.